The number of nitriles is 1. The van der Waals surface area contributed by atoms with Gasteiger partial charge in [0.1, 0.15) is 11.9 Å². The summed E-state index contributed by atoms with van der Waals surface area (Å²) in [5.41, 5.74) is 2.22. The molecule has 18 heavy (non-hydrogen) atoms. The van der Waals surface area contributed by atoms with Gasteiger partial charge in [-0.15, -0.1) is 0 Å². The molecule has 0 fully saturated rings. The van der Waals surface area contributed by atoms with Crippen LogP contribution in [0.2, 0.25) is 5.02 Å². The maximum absolute atomic E-state index is 9.11. The van der Waals surface area contributed by atoms with Crippen molar-refractivity contribution >= 4 is 39.0 Å². The highest BCUT2D eigenvalue weighted by Crippen LogP contribution is 2.28. The predicted molar refractivity (Wildman–Crippen MR) is 76.1 cm³/mol. The normalized spacial score (nSPS) is 9.89. The highest BCUT2D eigenvalue weighted by atomic mass is 79.9. The van der Waals surface area contributed by atoms with Crippen molar-refractivity contribution in [2.24, 2.45) is 0 Å². The molecule has 0 atom stereocenters. The lowest BCUT2D eigenvalue weighted by molar-refractivity contribution is 1.24. The number of hydrogen-bond acceptors (Lipinski definition) is 3. The zero-order chi connectivity index (χ0) is 13.1. The van der Waals surface area contributed by atoms with Crippen LogP contribution in [-0.2, 0) is 0 Å². The Labute approximate surface area is 119 Å². The lowest BCUT2D eigenvalue weighted by atomic mass is 10.1. The van der Waals surface area contributed by atoms with Gasteiger partial charge >= 0.3 is 0 Å². The molecule has 0 saturated heterocycles. The predicted octanol–water partition coefficient (Wildman–Crippen LogP) is 4.42. The Morgan fingerprint density at radius 2 is 2.17 bits per heavy atom. The van der Waals surface area contributed by atoms with E-state index in [0.717, 1.165) is 15.7 Å². The number of pyridine rings is 1. The number of aryl methyl sites for hydroxylation is 1. The van der Waals surface area contributed by atoms with E-state index in [0.29, 0.717) is 16.4 Å². The molecular formula is C13H9BrClN3. The standard InChI is InChI=1S/C13H9BrClN3/c1-8-4-5-17-13(10(8)7-16)18-9-2-3-11(14)12(15)6-9/h2-6H,1H3,(H,17,18). The zero-order valence-corrected chi connectivity index (χ0v) is 11.9. The maximum Gasteiger partial charge on any atom is 0.148 e. The number of nitrogens with one attached hydrogen (secondary N) is 1. The summed E-state index contributed by atoms with van der Waals surface area (Å²) in [5.74, 6) is 0.538. The van der Waals surface area contributed by atoms with Gasteiger partial charge in [0.25, 0.3) is 0 Å². The molecule has 3 nitrogen and oxygen atoms in total. The van der Waals surface area contributed by atoms with Crippen molar-refractivity contribution in [1.82, 2.24) is 4.98 Å². The Morgan fingerprint density at radius 1 is 1.39 bits per heavy atom. The molecular weight excluding hydrogens is 314 g/mol. The van der Waals surface area contributed by atoms with Gasteiger partial charge in [0.15, 0.2) is 0 Å². The average molecular weight is 323 g/mol. The first-order chi connectivity index (χ1) is 8.61. The van der Waals surface area contributed by atoms with Crippen LogP contribution in [0.1, 0.15) is 11.1 Å². The number of rotatable bonds is 2. The number of benzene rings is 1. The molecule has 0 radical (unpaired) electrons. The van der Waals surface area contributed by atoms with Gasteiger partial charge in [-0.3, -0.25) is 0 Å². The molecule has 0 saturated carbocycles. The van der Waals surface area contributed by atoms with Crippen LogP contribution in [0, 0.1) is 18.3 Å². The van der Waals surface area contributed by atoms with Crippen LogP contribution in [-0.4, -0.2) is 4.98 Å². The minimum absolute atomic E-state index is 0.538. The topological polar surface area (TPSA) is 48.7 Å². The van der Waals surface area contributed by atoms with Crippen molar-refractivity contribution in [2.45, 2.75) is 6.92 Å². The summed E-state index contributed by atoms with van der Waals surface area (Å²) in [6.45, 7) is 1.87. The lowest BCUT2D eigenvalue weighted by Gasteiger charge is -2.09. The van der Waals surface area contributed by atoms with E-state index in [1.54, 1.807) is 18.3 Å². The molecule has 0 aliphatic rings. The molecule has 2 aromatic rings. The van der Waals surface area contributed by atoms with Gasteiger partial charge in [-0.05, 0) is 52.7 Å². The van der Waals surface area contributed by atoms with Crippen LogP contribution in [0.15, 0.2) is 34.9 Å². The van der Waals surface area contributed by atoms with Crippen LogP contribution in [0.5, 0.6) is 0 Å². The maximum atomic E-state index is 9.11. The monoisotopic (exact) mass is 321 g/mol. The lowest BCUT2D eigenvalue weighted by Crippen LogP contribution is -1.98. The van der Waals surface area contributed by atoms with Crippen molar-refractivity contribution in [3.05, 3.63) is 51.1 Å². The third-order valence-corrected chi connectivity index (χ3v) is 3.69. The Morgan fingerprint density at radius 3 is 2.83 bits per heavy atom. The second-order valence-corrected chi connectivity index (χ2v) is 4.98. The van der Waals surface area contributed by atoms with E-state index in [9.17, 15) is 0 Å². The fourth-order valence-corrected chi connectivity index (χ4v) is 1.93. The number of hydrogen-bond donors (Lipinski definition) is 1. The number of aromatic nitrogens is 1. The SMILES string of the molecule is Cc1ccnc(Nc2ccc(Br)c(Cl)c2)c1C#N. The fourth-order valence-electron chi connectivity index (χ4n) is 1.50. The third-order valence-electron chi connectivity index (χ3n) is 2.45. The first-order valence-corrected chi connectivity index (χ1v) is 6.36. The first-order valence-electron chi connectivity index (χ1n) is 5.19. The zero-order valence-electron chi connectivity index (χ0n) is 9.54. The first kappa shape index (κ1) is 12.9. The summed E-state index contributed by atoms with van der Waals surface area (Å²) in [4.78, 5) is 4.17. The van der Waals surface area contributed by atoms with Crippen molar-refractivity contribution in [3.8, 4) is 6.07 Å². The summed E-state index contributed by atoms with van der Waals surface area (Å²) < 4.78 is 0.826. The highest BCUT2D eigenvalue weighted by molar-refractivity contribution is 9.10. The molecule has 1 aromatic carbocycles. The summed E-state index contributed by atoms with van der Waals surface area (Å²) in [5, 5.41) is 12.8. The molecule has 0 unspecified atom stereocenters. The Kier molecular flexibility index (Phi) is 3.85. The molecule has 1 aromatic heterocycles. The van der Waals surface area contributed by atoms with Gasteiger partial charge in [0, 0.05) is 16.4 Å². The number of anilines is 2. The minimum Gasteiger partial charge on any atom is -0.339 e. The van der Waals surface area contributed by atoms with Gasteiger partial charge in [-0.25, -0.2) is 4.98 Å². The van der Waals surface area contributed by atoms with Crippen LogP contribution in [0.4, 0.5) is 11.5 Å². The van der Waals surface area contributed by atoms with Crippen LogP contribution in [0.3, 0.4) is 0 Å². The van der Waals surface area contributed by atoms with E-state index in [1.807, 2.05) is 19.1 Å². The molecule has 0 bridgehead atoms. The Balaban J connectivity index is 2.37. The molecule has 2 rings (SSSR count). The van der Waals surface area contributed by atoms with Gasteiger partial charge < -0.3 is 5.32 Å². The molecule has 0 spiro atoms. The summed E-state index contributed by atoms with van der Waals surface area (Å²) in [6, 6.07) is 9.42. The second kappa shape index (κ2) is 5.38. The van der Waals surface area contributed by atoms with Crippen LogP contribution in [0.25, 0.3) is 0 Å². The van der Waals surface area contributed by atoms with Gasteiger partial charge in [-0.2, -0.15) is 5.26 Å². The van der Waals surface area contributed by atoms with Crippen molar-refractivity contribution in [2.75, 3.05) is 5.32 Å². The van der Waals surface area contributed by atoms with Crippen LogP contribution >= 0.6 is 27.5 Å². The van der Waals surface area contributed by atoms with Crippen molar-refractivity contribution < 1.29 is 0 Å². The highest BCUT2D eigenvalue weighted by Gasteiger charge is 2.07. The summed E-state index contributed by atoms with van der Waals surface area (Å²) >= 11 is 9.34. The average Bonchev–Trinajstić information content (AvgIpc) is 2.34. The minimum atomic E-state index is 0.538. The Bertz CT molecular complexity index is 635. The van der Waals surface area contributed by atoms with E-state index in [4.69, 9.17) is 16.9 Å². The molecule has 0 amide bonds. The van der Waals surface area contributed by atoms with E-state index in [1.165, 1.54) is 0 Å². The number of halogens is 2. The molecule has 0 aliphatic carbocycles. The van der Waals surface area contributed by atoms with Gasteiger partial charge in [0.05, 0.1) is 10.6 Å². The molecule has 1 N–H and O–H groups in total. The quantitative estimate of drug-likeness (QED) is 0.890. The smallest absolute Gasteiger partial charge is 0.148 e. The third kappa shape index (κ3) is 2.63. The molecule has 90 valence electrons. The van der Waals surface area contributed by atoms with E-state index < -0.39 is 0 Å². The van der Waals surface area contributed by atoms with E-state index >= 15 is 0 Å². The molecule has 5 heteroatoms. The summed E-state index contributed by atoms with van der Waals surface area (Å²) in [6.07, 6.45) is 1.67. The number of nitrogens with zero attached hydrogens (tertiary/aromatic N) is 2. The van der Waals surface area contributed by atoms with Crippen LogP contribution < -0.4 is 5.32 Å². The van der Waals surface area contributed by atoms with E-state index in [-0.39, 0.29) is 0 Å². The fraction of sp³-hybridized carbons (Fsp3) is 0.0769. The van der Waals surface area contributed by atoms with Crippen molar-refractivity contribution in [1.29, 1.82) is 5.26 Å². The molecule has 0 aliphatic heterocycles. The van der Waals surface area contributed by atoms with E-state index in [2.05, 4.69) is 32.3 Å². The summed E-state index contributed by atoms with van der Waals surface area (Å²) in [7, 11) is 0. The van der Waals surface area contributed by atoms with Gasteiger partial charge in [0.2, 0.25) is 0 Å². The van der Waals surface area contributed by atoms with Gasteiger partial charge in [-0.1, -0.05) is 11.6 Å². The molecule has 1 heterocycles. The second-order valence-electron chi connectivity index (χ2n) is 3.72. The largest absolute Gasteiger partial charge is 0.339 e. The Hall–Kier alpha value is -1.57. The van der Waals surface area contributed by atoms with Crippen molar-refractivity contribution in [3.63, 3.8) is 0 Å².